The number of nitrogens with zero attached hydrogens (tertiary/aromatic N) is 2. The van der Waals surface area contributed by atoms with Crippen molar-refractivity contribution in [2.45, 2.75) is 18.7 Å². The molecular weight excluding hydrogens is 397 g/mol. The molecule has 0 saturated carbocycles. The Balaban J connectivity index is 1.63. The number of hydrogen-bond acceptors (Lipinski definition) is 3. The Labute approximate surface area is 172 Å². The van der Waals surface area contributed by atoms with E-state index in [1.165, 1.54) is 17.8 Å². The fourth-order valence-electron chi connectivity index (χ4n) is 2.81. The highest BCUT2D eigenvalue weighted by molar-refractivity contribution is 8.00. The van der Waals surface area contributed by atoms with Gasteiger partial charge in [0.05, 0.1) is 17.7 Å². The van der Waals surface area contributed by atoms with E-state index in [1.54, 1.807) is 36.5 Å². The molecule has 3 aromatic rings. The number of carbonyl (C=O) groups excluding carboxylic acids is 1. The van der Waals surface area contributed by atoms with Crippen LogP contribution in [0.15, 0.2) is 64.6 Å². The van der Waals surface area contributed by atoms with Crippen molar-refractivity contribution in [2.24, 2.45) is 5.10 Å². The highest BCUT2D eigenvalue weighted by Gasteiger charge is 2.12. The molecule has 144 valence electrons. The Morgan fingerprint density at radius 1 is 1.21 bits per heavy atom. The Morgan fingerprint density at radius 2 is 1.93 bits per heavy atom. The van der Waals surface area contributed by atoms with Gasteiger partial charge in [-0.15, -0.1) is 11.8 Å². The predicted molar refractivity (Wildman–Crippen MR) is 113 cm³/mol. The maximum atomic E-state index is 14.1. The first-order valence-electron chi connectivity index (χ1n) is 8.60. The van der Waals surface area contributed by atoms with Gasteiger partial charge in [0.25, 0.3) is 0 Å². The summed E-state index contributed by atoms with van der Waals surface area (Å²) in [7, 11) is 0. The lowest BCUT2D eigenvalue weighted by Gasteiger charge is -2.10. The molecule has 1 amide bonds. The third kappa shape index (κ3) is 4.82. The van der Waals surface area contributed by atoms with Crippen LogP contribution in [0.4, 0.5) is 4.39 Å². The Morgan fingerprint density at radius 3 is 2.64 bits per heavy atom. The molecule has 1 N–H and O–H groups in total. The molecule has 0 fully saturated rings. The smallest absolute Gasteiger partial charge is 0.250 e. The fourth-order valence-corrected chi connectivity index (χ4v) is 3.62. The summed E-state index contributed by atoms with van der Waals surface area (Å²) in [5.41, 5.74) is 5.54. The predicted octanol–water partition coefficient (Wildman–Crippen LogP) is 5.13. The lowest BCUT2D eigenvalue weighted by molar-refractivity contribution is -0.118. The first kappa shape index (κ1) is 20.2. The average molecular weight is 416 g/mol. The number of carbonyl (C=O) groups is 1. The third-order valence-corrected chi connectivity index (χ3v) is 5.40. The van der Waals surface area contributed by atoms with Crippen LogP contribution in [0.25, 0.3) is 5.69 Å². The van der Waals surface area contributed by atoms with Gasteiger partial charge in [-0.3, -0.25) is 4.79 Å². The van der Waals surface area contributed by atoms with Crippen molar-refractivity contribution in [3.8, 4) is 5.69 Å². The standard InChI is InChI=1S/C21H19ClFN3OS/c1-14-11-16(15(2)26(14)20-6-4-3-5-19(20)23)12-24-25-21(27)13-28-18-9-7-17(22)8-10-18/h3-12H,13H2,1-2H3,(H,25,27)/b24-12-. The summed E-state index contributed by atoms with van der Waals surface area (Å²) in [5, 5.41) is 4.69. The zero-order valence-corrected chi connectivity index (χ0v) is 17.0. The third-order valence-electron chi connectivity index (χ3n) is 4.14. The van der Waals surface area contributed by atoms with E-state index in [-0.39, 0.29) is 17.5 Å². The number of rotatable bonds is 6. The van der Waals surface area contributed by atoms with E-state index in [0.29, 0.717) is 10.7 Å². The first-order chi connectivity index (χ1) is 13.5. The highest BCUT2D eigenvalue weighted by Crippen LogP contribution is 2.22. The van der Waals surface area contributed by atoms with E-state index >= 15 is 0 Å². The van der Waals surface area contributed by atoms with Crippen LogP contribution < -0.4 is 5.43 Å². The van der Waals surface area contributed by atoms with Gasteiger partial charge in [-0.1, -0.05) is 23.7 Å². The Bertz CT molecular complexity index is 1010. The van der Waals surface area contributed by atoms with Crippen LogP contribution in [0.3, 0.4) is 0 Å². The fraction of sp³-hybridized carbons (Fsp3) is 0.143. The van der Waals surface area contributed by atoms with Crippen LogP contribution >= 0.6 is 23.4 Å². The molecule has 0 bridgehead atoms. The lowest BCUT2D eigenvalue weighted by Crippen LogP contribution is -2.19. The number of para-hydroxylation sites is 1. The van der Waals surface area contributed by atoms with E-state index < -0.39 is 0 Å². The molecule has 0 atom stereocenters. The van der Waals surface area contributed by atoms with E-state index in [9.17, 15) is 9.18 Å². The second kappa shape index (κ2) is 9.08. The second-order valence-electron chi connectivity index (χ2n) is 6.15. The zero-order valence-electron chi connectivity index (χ0n) is 15.4. The maximum absolute atomic E-state index is 14.1. The van der Waals surface area contributed by atoms with Crippen molar-refractivity contribution in [3.05, 3.63) is 82.4 Å². The van der Waals surface area contributed by atoms with Crippen molar-refractivity contribution < 1.29 is 9.18 Å². The first-order valence-corrected chi connectivity index (χ1v) is 9.96. The zero-order chi connectivity index (χ0) is 20.1. The van der Waals surface area contributed by atoms with E-state index in [4.69, 9.17) is 11.6 Å². The van der Waals surface area contributed by atoms with Crippen LogP contribution in [0, 0.1) is 19.7 Å². The van der Waals surface area contributed by atoms with Gasteiger partial charge in [0.15, 0.2) is 0 Å². The highest BCUT2D eigenvalue weighted by atomic mass is 35.5. The van der Waals surface area contributed by atoms with Crippen molar-refractivity contribution in [1.82, 2.24) is 9.99 Å². The summed E-state index contributed by atoms with van der Waals surface area (Å²) in [4.78, 5) is 12.9. The van der Waals surface area contributed by atoms with Crippen molar-refractivity contribution >= 4 is 35.5 Å². The number of thioether (sulfide) groups is 1. The summed E-state index contributed by atoms with van der Waals surface area (Å²) in [5.74, 6) is -0.257. The van der Waals surface area contributed by atoms with Gasteiger partial charge >= 0.3 is 0 Å². The quantitative estimate of drug-likeness (QED) is 0.344. The number of aromatic nitrogens is 1. The van der Waals surface area contributed by atoms with Gasteiger partial charge in [-0.25, -0.2) is 9.82 Å². The molecule has 7 heteroatoms. The average Bonchev–Trinajstić information content (AvgIpc) is 2.95. The number of aryl methyl sites for hydroxylation is 1. The molecule has 1 heterocycles. The SMILES string of the molecule is Cc1cc(/C=N\NC(=O)CSc2ccc(Cl)cc2)c(C)n1-c1ccccc1F. The molecule has 3 rings (SSSR count). The molecule has 28 heavy (non-hydrogen) atoms. The molecule has 4 nitrogen and oxygen atoms in total. The van der Waals surface area contributed by atoms with Gasteiger partial charge in [0.2, 0.25) is 5.91 Å². The van der Waals surface area contributed by atoms with Crippen molar-refractivity contribution in [3.63, 3.8) is 0 Å². The lowest BCUT2D eigenvalue weighted by atomic mass is 10.2. The minimum atomic E-state index is -0.291. The molecule has 0 aliphatic rings. The Kier molecular flexibility index (Phi) is 6.54. The van der Waals surface area contributed by atoms with Crippen LogP contribution in [0.1, 0.15) is 17.0 Å². The molecule has 0 radical (unpaired) electrons. The molecule has 1 aromatic heterocycles. The van der Waals surface area contributed by atoms with Crippen molar-refractivity contribution in [2.75, 3.05) is 5.75 Å². The van der Waals surface area contributed by atoms with Crippen molar-refractivity contribution in [1.29, 1.82) is 0 Å². The molecule has 0 spiro atoms. The van der Waals surface area contributed by atoms with Gasteiger partial charge in [-0.2, -0.15) is 5.10 Å². The maximum Gasteiger partial charge on any atom is 0.250 e. The monoisotopic (exact) mass is 415 g/mol. The molecule has 0 aliphatic heterocycles. The number of halogens is 2. The number of amides is 1. The van der Waals surface area contributed by atoms with Crippen LogP contribution in [-0.4, -0.2) is 22.4 Å². The van der Waals surface area contributed by atoms with E-state index in [0.717, 1.165) is 21.8 Å². The molecule has 0 unspecified atom stereocenters. The summed E-state index contributed by atoms with van der Waals surface area (Å²) in [6.07, 6.45) is 1.57. The summed E-state index contributed by atoms with van der Waals surface area (Å²) in [6.45, 7) is 3.79. The topological polar surface area (TPSA) is 46.4 Å². The van der Waals surface area contributed by atoms with Crippen LogP contribution in [0.2, 0.25) is 5.02 Å². The number of hydrazone groups is 1. The van der Waals surface area contributed by atoms with Gasteiger partial charge < -0.3 is 4.57 Å². The van der Waals surface area contributed by atoms with Crippen LogP contribution in [-0.2, 0) is 4.79 Å². The molecular formula is C21H19ClFN3OS. The Hall–Kier alpha value is -2.57. The van der Waals surface area contributed by atoms with Gasteiger partial charge in [-0.05, 0) is 56.3 Å². The number of hydrogen-bond donors (Lipinski definition) is 1. The second-order valence-corrected chi connectivity index (χ2v) is 7.63. The van der Waals surface area contributed by atoms with E-state index in [1.807, 2.05) is 36.6 Å². The normalized spacial score (nSPS) is 11.1. The minimum Gasteiger partial charge on any atom is -0.315 e. The molecule has 2 aromatic carbocycles. The summed E-state index contributed by atoms with van der Waals surface area (Å²) < 4.78 is 16.0. The van der Waals surface area contributed by atoms with E-state index in [2.05, 4.69) is 10.5 Å². The minimum absolute atomic E-state index is 0.209. The number of nitrogens with one attached hydrogen (secondary N) is 1. The van der Waals surface area contributed by atoms with Gasteiger partial charge in [0.1, 0.15) is 5.82 Å². The van der Waals surface area contributed by atoms with Gasteiger partial charge in [0, 0.05) is 26.9 Å². The van der Waals surface area contributed by atoms with Crippen LogP contribution in [0.5, 0.6) is 0 Å². The molecule has 0 aliphatic carbocycles. The molecule has 0 saturated heterocycles. The largest absolute Gasteiger partial charge is 0.315 e. The number of benzene rings is 2. The summed E-state index contributed by atoms with van der Waals surface area (Å²) in [6, 6.07) is 15.8. The summed E-state index contributed by atoms with van der Waals surface area (Å²) >= 11 is 7.25.